The number of rotatable bonds is 5. The third kappa shape index (κ3) is 4.49. The molecule has 0 saturated carbocycles. The average molecular weight is 402 g/mol. The quantitative estimate of drug-likeness (QED) is 0.612. The zero-order valence-electron chi connectivity index (χ0n) is 14.9. The Morgan fingerprint density at radius 2 is 2.11 bits per heavy atom. The molecule has 0 N–H and O–H groups in total. The second-order valence-corrected chi connectivity index (χ2v) is 8.23. The van der Waals surface area contributed by atoms with Gasteiger partial charge in [0.2, 0.25) is 17.6 Å². The van der Waals surface area contributed by atoms with Crippen LogP contribution in [0.25, 0.3) is 16.8 Å². The van der Waals surface area contributed by atoms with Gasteiger partial charge >= 0.3 is 0 Å². The van der Waals surface area contributed by atoms with E-state index in [-0.39, 0.29) is 5.91 Å². The average Bonchev–Trinajstić information content (AvgIpc) is 3.42. The molecule has 0 aromatic carbocycles. The molecule has 7 nitrogen and oxygen atoms in total. The molecule has 0 aliphatic carbocycles. The summed E-state index contributed by atoms with van der Waals surface area (Å²) >= 11 is 3.17. The third-order valence-electron chi connectivity index (χ3n) is 4.29. The monoisotopic (exact) mass is 401 g/mol. The number of hydrogen-bond donors (Lipinski definition) is 0. The van der Waals surface area contributed by atoms with Crippen LogP contribution in [0.15, 0.2) is 33.5 Å². The van der Waals surface area contributed by atoms with E-state index < -0.39 is 0 Å². The van der Waals surface area contributed by atoms with E-state index in [2.05, 4.69) is 20.0 Å². The van der Waals surface area contributed by atoms with Crippen LogP contribution < -0.4 is 0 Å². The standard InChI is InChI=1S/C18H19N5O2S2/c1-13-19-14(12-27-13)4-5-17(24)23-8-6-22(7-9-23)11-16-20-18(21-25-16)15-3-2-10-26-15/h2-5,10,12H,6-9,11H2,1H3/b5-4+. The summed E-state index contributed by atoms with van der Waals surface area (Å²) in [6.45, 7) is 5.50. The number of thiophene rings is 1. The smallest absolute Gasteiger partial charge is 0.246 e. The Balaban J connectivity index is 1.27. The number of hydrogen-bond acceptors (Lipinski definition) is 8. The zero-order chi connectivity index (χ0) is 18.6. The molecule has 9 heteroatoms. The van der Waals surface area contributed by atoms with Crippen molar-refractivity contribution in [3.8, 4) is 10.7 Å². The van der Waals surface area contributed by atoms with Crippen LogP contribution in [0.5, 0.6) is 0 Å². The highest BCUT2D eigenvalue weighted by Gasteiger charge is 2.21. The second kappa shape index (κ2) is 8.12. The SMILES string of the molecule is Cc1nc(/C=C/C(=O)N2CCN(Cc3nc(-c4cccs4)no3)CC2)cs1. The summed E-state index contributed by atoms with van der Waals surface area (Å²) in [5, 5.41) is 8.98. The van der Waals surface area contributed by atoms with Crippen LogP contribution in [0.2, 0.25) is 0 Å². The van der Waals surface area contributed by atoms with Crippen molar-refractivity contribution < 1.29 is 9.32 Å². The first kappa shape index (κ1) is 18.0. The molecule has 27 heavy (non-hydrogen) atoms. The lowest BCUT2D eigenvalue weighted by Gasteiger charge is -2.33. The van der Waals surface area contributed by atoms with E-state index in [1.165, 1.54) is 0 Å². The highest BCUT2D eigenvalue weighted by Crippen LogP contribution is 2.21. The number of carbonyl (C=O) groups is 1. The lowest BCUT2D eigenvalue weighted by molar-refractivity contribution is -0.127. The molecule has 1 fully saturated rings. The van der Waals surface area contributed by atoms with Crippen LogP contribution in [-0.4, -0.2) is 57.0 Å². The van der Waals surface area contributed by atoms with Crippen molar-refractivity contribution in [2.45, 2.75) is 13.5 Å². The van der Waals surface area contributed by atoms with Gasteiger partial charge in [0.25, 0.3) is 0 Å². The molecule has 0 spiro atoms. The van der Waals surface area contributed by atoms with Crippen molar-refractivity contribution in [2.75, 3.05) is 26.2 Å². The summed E-state index contributed by atoms with van der Waals surface area (Å²) in [6, 6.07) is 3.94. The van der Waals surface area contributed by atoms with Crippen molar-refractivity contribution in [3.05, 3.63) is 45.6 Å². The van der Waals surface area contributed by atoms with Crippen molar-refractivity contribution in [1.82, 2.24) is 24.9 Å². The fourth-order valence-electron chi connectivity index (χ4n) is 2.86. The van der Waals surface area contributed by atoms with Gasteiger partial charge in [-0.05, 0) is 24.4 Å². The Morgan fingerprint density at radius 1 is 1.26 bits per heavy atom. The first-order valence-corrected chi connectivity index (χ1v) is 10.4. The fourth-order valence-corrected chi connectivity index (χ4v) is 4.09. The Kier molecular flexibility index (Phi) is 5.42. The predicted molar refractivity (Wildman–Crippen MR) is 105 cm³/mol. The number of nitrogens with zero attached hydrogens (tertiary/aromatic N) is 5. The molecule has 0 unspecified atom stereocenters. The van der Waals surface area contributed by atoms with Crippen LogP contribution in [0, 0.1) is 6.92 Å². The molecule has 0 atom stereocenters. The van der Waals surface area contributed by atoms with Gasteiger partial charge in [0.15, 0.2) is 0 Å². The Hall–Kier alpha value is -2.36. The number of thiazole rings is 1. The van der Waals surface area contributed by atoms with Gasteiger partial charge in [-0.15, -0.1) is 22.7 Å². The summed E-state index contributed by atoms with van der Waals surface area (Å²) < 4.78 is 5.36. The molecule has 4 heterocycles. The first-order chi connectivity index (χ1) is 13.2. The minimum Gasteiger partial charge on any atom is -0.338 e. The summed E-state index contributed by atoms with van der Waals surface area (Å²) in [6.07, 6.45) is 3.39. The molecule has 140 valence electrons. The van der Waals surface area contributed by atoms with Crippen molar-refractivity contribution in [3.63, 3.8) is 0 Å². The van der Waals surface area contributed by atoms with Gasteiger partial charge in [-0.3, -0.25) is 9.69 Å². The molecular formula is C18H19N5O2S2. The van der Waals surface area contributed by atoms with Crippen molar-refractivity contribution >= 4 is 34.7 Å². The van der Waals surface area contributed by atoms with E-state index in [1.807, 2.05) is 34.7 Å². The van der Waals surface area contributed by atoms with E-state index in [0.717, 1.165) is 28.7 Å². The Bertz CT molecular complexity index is 923. The first-order valence-electron chi connectivity index (χ1n) is 8.65. The Labute approximate surface area is 165 Å². The summed E-state index contributed by atoms with van der Waals surface area (Å²) in [5.74, 6) is 1.27. The van der Waals surface area contributed by atoms with Crippen LogP contribution in [0.4, 0.5) is 0 Å². The molecule has 4 rings (SSSR count). The van der Waals surface area contributed by atoms with Crippen molar-refractivity contribution in [2.24, 2.45) is 0 Å². The molecule has 0 radical (unpaired) electrons. The van der Waals surface area contributed by atoms with Gasteiger partial charge in [0, 0.05) is 37.6 Å². The number of aryl methyl sites for hydroxylation is 1. The fraction of sp³-hybridized carbons (Fsp3) is 0.333. The summed E-state index contributed by atoms with van der Waals surface area (Å²) in [5.41, 5.74) is 0.836. The van der Waals surface area contributed by atoms with Crippen molar-refractivity contribution in [1.29, 1.82) is 0 Å². The molecule has 3 aromatic rings. The van der Waals surface area contributed by atoms with E-state index in [0.29, 0.717) is 31.3 Å². The van der Waals surface area contributed by atoms with E-state index in [9.17, 15) is 4.79 Å². The second-order valence-electron chi connectivity index (χ2n) is 6.22. The highest BCUT2D eigenvalue weighted by atomic mass is 32.1. The molecule has 0 bridgehead atoms. The molecule has 1 saturated heterocycles. The zero-order valence-corrected chi connectivity index (χ0v) is 16.5. The van der Waals surface area contributed by atoms with Crippen LogP contribution >= 0.6 is 22.7 Å². The van der Waals surface area contributed by atoms with Gasteiger partial charge in [-0.25, -0.2) is 4.98 Å². The number of aromatic nitrogens is 3. The van der Waals surface area contributed by atoms with Gasteiger partial charge in [-0.2, -0.15) is 4.98 Å². The lowest BCUT2D eigenvalue weighted by Crippen LogP contribution is -2.47. The normalized spacial score (nSPS) is 15.7. The highest BCUT2D eigenvalue weighted by molar-refractivity contribution is 7.13. The van der Waals surface area contributed by atoms with E-state index in [1.54, 1.807) is 34.8 Å². The molecule has 3 aromatic heterocycles. The molecule has 1 aliphatic heterocycles. The predicted octanol–water partition coefficient (Wildman–Crippen LogP) is 2.92. The van der Waals surface area contributed by atoms with E-state index in [4.69, 9.17) is 4.52 Å². The van der Waals surface area contributed by atoms with Gasteiger partial charge in [-0.1, -0.05) is 11.2 Å². The Morgan fingerprint density at radius 3 is 2.81 bits per heavy atom. The largest absolute Gasteiger partial charge is 0.338 e. The number of carbonyl (C=O) groups excluding carboxylic acids is 1. The number of amides is 1. The minimum absolute atomic E-state index is 0.0260. The molecular weight excluding hydrogens is 382 g/mol. The van der Waals surface area contributed by atoms with Crippen LogP contribution in [0.3, 0.4) is 0 Å². The van der Waals surface area contributed by atoms with Gasteiger partial charge in [0.1, 0.15) is 0 Å². The van der Waals surface area contributed by atoms with Gasteiger partial charge in [0.05, 0.1) is 22.1 Å². The summed E-state index contributed by atoms with van der Waals surface area (Å²) in [4.78, 5) is 26.2. The summed E-state index contributed by atoms with van der Waals surface area (Å²) in [7, 11) is 0. The molecule has 1 amide bonds. The maximum Gasteiger partial charge on any atom is 0.246 e. The lowest BCUT2D eigenvalue weighted by atomic mass is 10.3. The van der Waals surface area contributed by atoms with Crippen LogP contribution in [-0.2, 0) is 11.3 Å². The third-order valence-corrected chi connectivity index (χ3v) is 5.94. The molecule has 1 aliphatic rings. The van der Waals surface area contributed by atoms with Gasteiger partial charge < -0.3 is 9.42 Å². The maximum absolute atomic E-state index is 12.3. The topological polar surface area (TPSA) is 75.4 Å². The maximum atomic E-state index is 12.3. The number of piperazine rings is 1. The van der Waals surface area contributed by atoms with E-state index >= 15 is 0 Å². The van der Waals surface area contributed by atoms with Crippen LogP contribution in [0.1, 0.15) is 16.6 Å². The minimum atomic E-state index is 0.0260.